The van der Waals surface area contributed by atoms with Crippen molar-refractivity contribution in [3.8, 4) is 0 Å². The summed E-state index contributed by atoms with van der Waals surface area (Å²) in [6.07, 6.45) is 0.240. The van der Waals surface area contributed by atoms with Crippen molar-refractivity contribution in [2.45, 2.75) is 91.2 Å². The maximum Gasteiger partial charge on any atom is 0.243 e. The monoisotopic (exact) mass is 477 g/mol. The van der Waals surface area contributed by atoms with E-state index in [1.54, 1.807) is 6.92 Å². The van der Waals surface area contributed by atoms with Gasteiger partial charge in [-0.2, -0.15) is 0 Å². The largest absolute Gasteiger partial charge is 0.391 e. The van der Waals surface area contributed by atoms with E-state index in [0.29, 0.717) is 46.2 Å². The van der Waals surface area contributed by atoms with Crippen molar-refractivity contribution >= 4 is 5.91 Å². The van der Waals surface area contributed by atoms with Gasteiger partial charge in [-0.1, -0.05) is 6.58 Å². The molecule has 0 aliphatic heterocycles. The Morgan fingerprint density at radius 2 is 0.970 bits per heavy atom. The first kappa shape index (κ1) is 31.9. The van der Waals surface area contributed by atoms with Gasteiger partial charge in [-0.15, -0.1) is 0 Å². The van der Waals surface area contributed by atoms with Crippen LogP contribution in [0, 0.1) is 0 Å². The summed E-state index contributed by atoms with van der Waals surface area (Å²) >= 11 is 0. The average Bonchev–Trinajstić information content (AvgIpc) is 2.78. The second-order valence-electron chi connectivity index (χ2n) is 8.66. The topological polar surface area (TPSA) is 105 Å². The van der Waals surface area contributed by atoms with Crippen LogP contribution in [0.1, 0.15) is 48.5 Å². The number of hydrogen-bond acceptors (Lipinski definition) is 8. The van der Waals surface area contributed by atoms with Crippen LogP contribution in [0.15, 0.2) is 12.7 Å². The summed E-state index contributed by atoms with van der Waals surface area (Å²) in [6, 6.07) is 0. The zero-order chi connectivity index (χ0) is 25.2. The van der Waals surface area contributed by atoms with Crippen LogP contribution in [0.25, 0.3) is 0 Å². The highest BCUT2D eigenvalue weighted by atomic mass is 16.6. The first-order valence-corrected chi connectivity index (χ1v) is 11.8. The molecule has 7 unspecified atom stereocenters. The van der Waals surface area contributed by atoms with Gasteiger partial charge in [0.05, 0.1) is 82.4 Å². The fourth-order valence-electron chi connectivity index (χ4n) is 2.42. The highest BCUT2D eigenvalue weighted by molar-refractivity contribution is 5.86. The minimum absolute atomic E-state index is 0.0702. The third kappa shape index (κ3) is 20.1. The van der Waals surface area contributed by atoms with Crippen LogP contribution in [0.2, 0.25) is 0 Å². The predicted molar refractivity (Wildman–Crippen MR) is 127 cm³/mol. The van der Waals surface area contributed by atoms with E-state index in [4.69, 9.17) is 28.4 Å². The molecule has 0 aromatic rings. The number of hydrogen-bond donors (Lipinski definition) is 2. The van der Waals surface area contributed by atoms with E-state index >= 15 is 0 Å². The summed E-state index contributed by atoms with van der Waals surface area (Å²) in [6.45, 7) is 19.6. The van der Waals surface area contributed by atoms with Crippen molar-refractivity contribution in [3.05, 3.63) is 12.7 Å². The Morgan fingerprint density at radius 1 is 0.667 bits per heavy atom. The molecule has 0 rings (SSSR count). The van der Waals surface area contributed by atoms with Crippen LogP contribution in [0.5, 0.6) is 0 Å². The molecule has 0 fully saturated rings. The number of rotatable bonds is 21. The predicted octanol–water partition coefficient (Wildman–Crippen LogP) is 2.10. The summed E-state index contributed by atoms with van der Waals surface area (Å²) < 4.78 is 34.2. The molecule has 196 valence electrons. The summed E-state index contributed by atoms with van der Waals surface area (Å²) in [5.74, 6) is -0.214. The first-order chi connectivity index (χ1) is 15.5. The van der Waals surface area contributed by atoms with Crippen molar-refractivity contribution in [1.82, 2.24) is 5.32 Å². The fraction of sp³-hybridized carbons (Fsp3) is 0.875. The van der Waals surface area contributed by atoms with Gasteiger partial charge in [0, 0.05) is 6.54 Å². The Kier molecular flexibility index (Phi) is 18.6. The molecule has 1 amide bonds. The average molecular weight is 478 g/mol. The van der Waals surface area contributed by atoms with Gasteiger partial charge in [-0.05, 0) is 54.5 Å². The molecule has 2 N–H and O–H groups in total. The molecule has 9 heteroatoms. The van der Waals surface area contributed by atoms with E-state index in [0.717, 1.165) is 0 Å². The smallest absolute Gasteiger partial charge is 0.243 e. The summed E-state index contributed by atoms with van der Waals surface area (Å²) in [5, 5.41) is 11.9. The Balaban J connectivity index is 3.83. The van der Waals surface area contributed by atoms with Gasteiger partial charge in [0.1, 0.15) is 0 Å². The molecule has 0 bridgehead atoms. The number of aliphatic hydroxyl groups excluding tert-OH is 1. The zero-order valence-corrected chi connectivity index (χ0v) is 21.6. The van der Waals surface area contributed by atoms with E-state index in [9.17, 15) is 9.90 Å². The van der Waals surface area contributed by atoms with Gasteiger partial charge in [0.2, 0.25) is 5.91 Å². The van der Waals surface area contributed by atoms with E-state index in [1.807, 2.05) is 41.5 Å². The maximum atomic E-state index is 11.2. The molecular formula is C24H47NO8. The van der Waals surface area contributed by atoms with Crippen LogP contribution >= 0.6 is 0 Å². The highest BCUT2D eigenvalue weighted by Gasteiger charge is 2.13. The van der Waals surface area contributed by atoms with E-state index in [1.165, 1.54) is 6.08 Å². The third-order valence-corrected chi connectivity index (χ3v) is 4.45. The Morgan fingerprint density at radius 3 is 1.27 bits per heavy atom. The minimum Gasteiger partial charge on any atom is -0.391 e. The molecule has 0 saturated heterocycles. The molecule has 7 atom stereocenters. The van der Waals surface area contributed by atoms with Gasteiger partial charge in [-0.25, -0.2) is 0 Å². The number of ether oxygens (including phenoxy) is 6. The lowest BCUT2D eigenvalue weighted by Crippen LogP contribution is -2.33. The van der Waals surface area contributed by atoms with Gasteiger partial charge in [0.15, 0.2) is 0 Å². The molecule has 0 spiro atoms. The molecule has 0 aliphatic carbocycles. The molecule has 33 heavy (non-hydrogen) atoms. The standard InChI is InChI=1S/C24H47NO8/c1-9-24(27)25-10-18(3)29-12-20(5)31-14-22(7)33-16-23(8)32-15-21(6)30-13-19(4)28-11-17(2)26/h9,17-23,26H,1,10-16H2,2-8H3,(H,25,27). The van der Waals surface area contributed by atoms with Crippen LogP contribution in [0.4, 0.5) is 0 Å². The molecular weight excluding hydrogens is 430 g/mol. The zero-order valence-electron chi connectivity index (χ0n) is 21.6. The summed E-state index contributed by atoms with van der Waals surface area (Å²) in [5.41, 5.74) is 0. The van der Waals surface area contributed by atoms with Gasteiger partial charge < -0.3 is 38.8 Å². The second kappa shape index (κ2) is 19.3. The van der Waals surface area contributed by atoms with Crippen molar-refractivity contribution < 1.29 is 38.3 Å². The fourth-order valence-corrected chi connectivity index (χ4v) is 2.42. The highest BCUT2D eigenvalue weighted by Crippen LogP contribution is 2.04. The summed E-state index contributed by atoms with van der Waals surface area (Å²) in [4.78, 5) is 11.2. The van der Waals surface area contributed by atoms with Crippen molar-refractivity contribution in [2.24, 2.45) is 0 Å². The minimum atomic E-state index is -0.481. The first-order valence-electron chi connectivity index (χ1n) is 11.8. The molecule has 0 radical (unpaired) electrons. The van der Waals surface area contributed by atoms with Crippen molar-refractivity contribution in [2.75, 3.05) is 46.2 Å². The number of nitrogens with one attached hydrogen (secondary N) is 1. The quantitative estimate of drug-likeness (QED) is 0.242. The van der Waals surface area contributed by atoms with Gasteiger partial charge in [0.25, 0.3) is 0 Å². The second-order valence-corrected chi connectivity index (χ2v) is 8.66. The molecule has 0 aromatic heterocycles. The van der Waals surface area contributed by atoms with E-state index in [-0.39, 0.29) is 42.5 Å². The third-order valence-electron chi connectivity index (χ3n) is 4.45. The SMILES string of the molecule is C=CC(=O)NCC(C)OCC(C)OCC(C)OCC(C)OCC(C)OCC(C)OCC(C)O. The van der Waals surface area contributed by atoms with Crippen molar-refractivity contribution in [1.29, 1.82) is 0 Å². The Labute approximate surface area is 200 Å². The Bertz CT molecular complexity index is 505. The van der Waals surface area contributed by atoms with E-state index in [2.05, 4.69) is 11.9 Å². The van der Waals surface area contributed by atoms with Gasteiger partial charge in [-0.3, -0.25) is 4.79 Å². The molecule has 0 aromatic carbocycles. The molecule has 0 aliphatic rings. The maximum absolute atomic E-state index is 11.2. The van der Waals surface area contributed by atoms with Gasteiger partial charge >= 0.3 is 0 Å². The van der Waals surface area contributed by atoms with Crippen molar-refractivity contribution in [3.63, 3.8) is 0 Å². The number of carbonyl (C=O) groups is 1. The normalized spacial score (nSPS) is 18.1. The lowest BCUT2D eigenvalue weighted by molar-refractivity contribution is -0.117. The van der Waals surface area contributed by atoms with Crippen LogP contribution in [0.3, 0.4) is 0 Å². The van der Waals surface area contributed by atoms with E-state index < -0.39 is 6.10 Å². The van der Waals surface area contributed by atoms with Crippen LogP contribution in [-0.2, 0) is 33.2 Å². The number of amides is 1. The summed E-state index contributed by atoms with van der Waals surface area (Å²) in [7, 11) is 0. The molecule has 9 nitrogen and oxygen atoms in total. The molecule has 0 heterocycles. The Hall–Kier alpha value is -1.07. The van der Waals surface area contributed by atoms with Crippen LogP contribution in [-0.4, -0.2) is 99.9 Å². The number of carbonyl (C=O) groups excluding carboxylic acids is 1. The lowest BCUT2D eigenvalue weighted by atomic mass is 10.3. The number of aliphatic hydroxyl groups is 1. The lowest BCUT2D eigenvalue weighted by Gasteiger charge is -2.22. The molecule has 0 saturated carbocycles. The van der Waals surface area contributed by atoms with Crippen LogP contribution < -0.4 is 5.32 Å².